The van der Waals surface area contributed by atoms with E-state index in [1.54, 1.807) is 4.90 Å². The van der Waals surface area contributed by atoms with E-state index >= 15 is 0 Å². The van der Waals surface area contributed by atoms with Gasteiger partial charge in [0.05, 0.1) is 13.2 Å². The molecule has 2 N–H and O–H groups in total. The summed E-state index contributed by atoms with van der Waals surface area (Å²) in [4.78, 5) is 39.7. The number of nitrogens with zero attached hydrogens (tertiary/aromatic N) is 5. The monoisotopic (exact) mass is 549 g/mol. The Kier molecular flexibility index (Phi) is 9.83. The molecule has 2 amide bonds. The zero-order chi connectivity index (χ0) is 27.7. The smallest absolute Gasteiger partial charge is 0.229 e. The number of amides is 2. The Balaban J connectivity index is 1.23. The number of anilines is 4. The van der Waals surface area contributed by atoms with E-state index in [0.717, 1.165) is 89.2 Å². The number of aryl methyl sites for hydroxylation is 1. The van der Waals surface area contributed by atoms with Gasteiger partial charge in [0.25, 0.3) is 0 Å². The Labute approximate surface area is 237 Å². The van der Waals surface area contributed by atoms with Crippen LogP contribution < -0.4 is 20.4 Å². The highest BCUT2D eigenvalue weighted by Gasteiger charge is 2.27. The predicted molar refractivity (Wildman–Crippen MR) is 157 cm³/mol. The molecule has 0 radical (unpaired) electrons. The van der Waals surface area contributed by atoms with E-state index in [1.807, 2.05) is 6.20 Å². The third kappa shape index (κ3) is 7.28. The summed E-state index contributed by atoms with van der Waals surface area (Å²) < 4.78 is 5.52. The number of hydrogen-bond donors (Lipinski definition) is 2. The number of benzene rings is 1. The highest BCUT2D eigenvalue weighted by Crippen LogP contribution is 2.30. The van der Waals surface area contributed by atoms with E-state index < -0.39 is 0 Å². The predicted octanol–water partition coefficient (Wildman–Crippen LogP) is 3.50. The number of nitrogens with one attached hydrogen (secondary N) is 2. The van der Waals surface area contributed by atoms with Gasteiger partial charge in [0, 0.05) is 74.9 Å². The van der Waals surface area contributed by atoms with Gasteiger partial charge in [-0.05, 0) is 62.8 Å². The van der Waals surface area contributed by atoms with Crippen molar-refractivity contribution < 1.29 is 14.3 Å². The van der Waals surface area contributed by atoms with Gasteiger partial charge in [-0.15, -0.1) is 0 Å². The van der Waals surface area contributed by atoms with Gasteiger partial charge in [0.15, 0.2) is 0 Å². The first-order valence-electron chi connectivity index (χ1n) is 14.9. The minimum atomic E-state index is -0.0417. The van der Waals surface area contributed by atoms with Crippen molar-refractivity contribution in [1.29, 1.82) is 0 Å². The van der Waals surface area contributed by atoms with Crippen molar-refractivity contribution in [2.45, 2.75) is 70.4 Å². The molecule has 40 heavy (non-hydrogen) atoms. The molecule has 5 rings (SSSR count). The zero-order valence-electron chi connectivity index (χ0n) is 23.7. The Morgan fingerprint density at radius 1 is 1.07 bits per heavy atom. The van der Waals surface area contributed by atoms with Gasteiger partial charge in [-0.3, -0.25) is 19.4 Å². The molecule has 1 aromatic heterocycles. The van der Waals surface area contributed by atoms with Crippen molar-refractivity contribution >= 4 is 35.5 Å². The van der Waals surface area contributed by atoms with E-state index in [1.165, 1.54) is 25.5 Å². The van der Waals surface area contributed by atoms with E-state index in [2.05, 4.69) is 49.7 Å². The Bertz CT molecular complexity index is 1110. The summed E-state index contributed by atoms with van der Waals surface area (Å²) in [5, 5.41) is 6.18. The van der Waals surface area contributed by atoms with E-state index in [0.29, 0.717) is 30.8 Å². The average molecular weight is 550 g/mol. The summed E-state index contributed by atoms with van der Waals surface area (Å²) in [6, 6.07) is 9.29. The SMILES string of the molecule is CC(=O)NCCCc1cnc(Nc2ccc(N3CCC(N4CCOCC4)CC3)cc2)nc1N(C=O)C1CCCC1. The van der Waals surface area contributed by atoms with Crippen LogP contribution in [-0.2, 0) is 20.7 Å². The van der Waals surface area contributed by atoms with Gasteiger partial charge in [0.2, 0.25) is 18.3 Å². The first kappa shape index (κ1) is 28.3. The maximum absolute atomic E-state index is 12.2. The minimum Gasteiger partial charge on any atom is -0.379 e. The highest BCUT2D eigenvalue weighted by atomic mass is 16.5. The lowest BCUT2D eigenvalue weighted by Crippen LogP contribution is -2.49. The van der Waals surface area contributed by atoms with Crippen LogP contribution in [0.15, 0.2) is 30.5 Å². The summed E-state index contributed by atoms with van der Waals surface area (Å²) in [7, 11) is 0. The van der Waals surface area contributed by atoms with E-state index in [9.17, 15) is 9.59 Å². The first-order chi connectivity index (χ1) is 19.6. The highest BCUT2D eigenvalue weighted by molar-refractivity contribution is 5.76. The number of aromatic nitrogens is 2. The number of morpholine rings is 1. The Hall–Kier alpha value is -3.24. The molecule has 1 aliphatic carbocycles. The van der Waals surface area contributed by atoms with Gasteiger partial charge in [-0.1, -0.05) is 12.8 Å². The Morgan fingerprint density at radius 3 is 2.48 bits per heavy atom. The molecular weight excluding hydrogens is 506 g/mol. The number of rotatable bonds is 11. The molecule has 1 saturated carbocycles. The number of piperidine rings is 1. The molecule has 10 nitrogen and oxygen atoms in total. The van der Waals surface area contributed by atoms with Crippen molar-refractivity contribution in [3.05, 3.63) is 36.0 Å². The second kappa shape index (κ2) is 13.9. The van der Waals surface area contributed by atoms with Crippen LogP contribution in [0.5, 0.6) is 0 Å². The minimum absolute atomic E-state index is 0.0417. The molecule has 0 atom stereocenters. The molecule has 2 aliphatic heterocycles. The van der Waals surface area contributed by atoms with Crippen molar-refractivity contribution in [3.8, 4) is 0 Å². The molecular formula is C30H43N7O3. The molecule has 0 spiro atoms. The summed E-state index contributed by atoms with van der Waals surface area (Å²) in [5.41, 5.74) is 3.07. The molecule has 1 aromatic carbocycles. The lowest BCUT2D eigenvalue weighted by atomic mass is 10.0. The normalized spacial score (nSPS) is 19.0. The van der Waals surface area contributed by atoms with Crippen molar-refractivity contribution in [2.24, 2.45) is 0 Å². The first-order valence-corrected chi connectivity index (χ1v) is 14.9. The van der Waals surface area contributed by atoms with Crippen LogP contribution in [0.1, 0.15) is 57.4 Å². The van der Waals surface area contributed by atoms with Crippen molar-refractivity contribution in [3.63, 3.8) is 0 Å². The summed E-state index contributed by atoms with van der Waals surface area (Å²) in [5.74, 6) is 1.10. The Morgan fingerprint density at radius 2 is 1.80 bits per heavy atom. The lowest BCUT2D eigenvalue weighted by molar-refractivity contribution is -0.119. The average Bonchev–Trinajstić information content (AvgIpc) is 3.52. The summed E-state index contributed by atoms with van der Waals surface area (Å²) in [6.07, 6.45) is 10.8. The lowest BCUT2D eigenvalue weighted by Gasteiger charge is -2.40. The summed E-state index contributed by atoms with van der Waals surface area (Å²) >= 11 is 0. The van der Waals surface area contributed by atoms with Crippen molar-refractivity contribution in [2.75, 3.05) is 61.1 Å². The molecule has 2 saturated heterocycles. The molecule has 10 heteroatoms. The standard InChI is InChI=1S/C30H43N7O3/c1-23(39)31-14-4-5-24-21-32-30(34-29(24)37(22-38)28-6-2-3-7-28)33-25-8-10-26(11-9-25)35-15-12-27(13-16-35)36-17-19-40-20-18-36/h8-11,21-22,27-28H,2-7,12-20H2,1H3,(H,31,39)(H,32,33,34). The fourth-order valence-corrected chi connectivity index (χ4v) is 6.21. The van der Waals surface area contributed by atoms with Gasteiger partial charge in [-0.25, -0.2) is 4.98 Å². The third-order valence-corrected chi connectivity index (χ3v) is 8.43. The van der Waals surface area contributed by atoms with Crippen LogP contribution in [0.25, 0.3) is 0 Å². The molecule has 0 bridgehead atoms. The molecule has 3 fully saturated rings. The molecule has 2 aromatic rings. The largest absolute Gasteiger partial charge is 0.379 e. The van der Waals surface area contributed by atoms with Gasteiger partial charge in [-0.2, -0.15) is 4.98 Å². The molecule has 3 aliphatic rings. The number of carbonyl (C=O) groups excluding carboxylic acids is 2. The van der Waals surface area contributed by atoms with Crippen LogP contribution in [0, 0.1) is 0 Å². The van der Waals surface area contributed by atoms with Crippen LogP contribution in [-0.4, -0.2) is 85.2 Å². The fraction of sp³-hybridized carbons (Fsp3) is 0.600. The van der Waals surface area contributed by atoms with Crippen LogP contribution in [0.3, 0.4) is 0 Å². The number of ether oxygens (including phenoxy) is 1. The molecule has 0 unspecified atom stereocenters. The van der Waals surface area contributed by atoms with E-state index in [4.69, 9.17) is 9.72 Å². The second-order valence-electron chi connectivity index (χ2n) is 11.1. The van der Waals surface area contributed by atoms with Crippen LogP contribution >= 0.6 is 0 Å². The molecule has 3 heterocycles. The van der Waals surface area contributed by atoms with E-state index in [-0.39, 0.29) is 11.9 Å². The van der Waals surface area contributed by atoms with Crippen molar-refractivity contribution in [1.82, 2.24) is 20.2 Å². The van der Waals surface area contributed by atoms with Crippen LogP contribution in [0.4, 0.5) is 23.1 Å². The quantitative estimate of drug-likeness (QED) is 0.324. The number of carbonyl (C=O) groups is 2. The van der Waals surface area contributed by atoms with Gasteiger partial charge >= 0.3 is 0 Å². The van der Waals surface area contributed by atoms with Crippen LogP contribution in [0.2, 0.25) is 0 Å². The summed E-state index contributed by atoms with van der Waals surface area (Å²) in [6.45, 7) is 8.04. The van der Waals surface area contributed by atoms with Gasteiger partial charge < -0.3 is 20.3 Å². The fourth-order valence-electron chi connectivity index (χ4n) is 6.21. The maximum atomic E-state index is 12.2. The molecule has 216 valence electrons. The maximum Gasteiger partial charge on any atom is 0.229 e. The third-order valence-electron chi connectivity index (χ3n) is 8.43. The van der Waals surface area contributed by atoms with Gasteiger partial charge in [0.1, 0.15) is 5.82 Å². The second-order valence-corrected chi connectivity index (χ2v) is 11.1. The zero-order valence-corrected chi connectivity index (χ0v) is 23.7. The number of hydrogen-bond acceptors (Lipinski definition) is 8. The topological polar surface area (TPSA) is 103 Å².